The van der Waals surface area contributed by atoms with E-state index in [0.717, 1.165) is 24.3 Å². The predicted octanol–water partition coefficient (Wildman–Crippen LogP) is 3.10. The predicted molar refractivity (Wildman–Crippen MR) is 86.1 cm³/mol. The summed E-state index contributed by atoms with van der Waals surface area (Å²) in [6.45, 7) is 0. The number of nitro benzene ring substituents is 2. The first-order valence-corrected chi connectivity index (χ1v) is 7.88. The molecule has 29 heavy (non-hydrogen) atoms. The van der Waals surface area contributed by atoms with Crippen LogP contribution in [0.15, 0.2) is 36.4 Å². The summed E-state index contributed by atoms with van der Waals surface area (Å²) in [7, 11) is -5.17. The lowest BCUT2D eigenvalue weighted by Gasteiger charge is -2.06. The van der Waals surface area contributed by atoms with Crippen LogP contribution in [0.4, 0.5) is 31.5 Å². The summed E-state index contributed by atoms with van der Waals surface area (Å²) >= 11 is 0. The second-order valence-electron chi connectivity index (χ2n) is 4.39. The number of rotatable bonds is 2. The molecule has 0 atom stereocenters. The smallest absolute Gasteiger partial charge is 0.461 e. The number of benzene rings is 2. The standard InChI is InChI=1S/2C6H3FN3O2.H2O4S/c2*7-4-1-2-5(9-8)6(3-4)10(11)12;1-5(2,3)4/h2*1-3H;(H2,1,2,3,4)/q2*+1;/p-2. The molecule has 17 heteroatoms. The Balaban J connectivity index is 0.000000442. The Morgan fingerprint density at radius 1 is 0.793 bits per heavy atom. The van der Waals surface area contributed by atoms with Crippen LogP contribution in [0.25, 0.3) is 9.95 Å². The maximum Gasteiger partial charge on any atom is 0.461 e. The van der Waals surface area contributed by atoms with E-state index in [0.29, 0.717) is 12.1 Å². The van der Waals surface area contributed by atoms with Gasteiger partial charge in [0.25, 0.3) is 0 Å². The van der Waals surface area contributed by atoms with Crippen molar-refractivity contribution in [2.24, 2.45) is 0 Å². The molecule has 2 aromatic carbocycles. The van der Waals surface area contributed by atoms with Crippen molar-refractivity contribution >= 4 is 33.1 Å². The van der Waals surface area contributed by atoms with Crippen LogP contribution in [0.1, 0.15) is 0 Å². The second-order valence-corrected chi connectivity index (χ2v) is 5.21. The average Bonchev–Trinajstić information content (AvgIpc) is 2.60. The minimum absolute atomic E-state index is 0.263. The molecule has 2 aromatic rings. The lowest BCUT2D eigenvalue weighted by atomic mass is 10.3. The second kappa shape index (κ2) is 10.8. The molecule has 152 valence electrons. The minimum Gasteiger partial charge on any atom is -0.759 e. The van der Waals surface area contributed by atoms with Gasteiger partial charge in [0.1, 0.15) is 11.6 Å². The maximum absolute atomic E-state index is 12.4. The quantitative estimate of drug-likeness (QED) is 0.221. The molecule has 0 saturated carbocycles. The molecule has 0 aliphatic rings. The molecule has 0 aliphatic carbocycles. The van der Waals surface area contributed by atoms with Gasteiger partial charge in [0.05, 0.1) is 22.0 Å². The Bertz CT molecular complexity index is 1030. The molecule has 0 saturated heterocycles. The summed E-state index contributed by atoms with van der Waals surface area (Å²) in [5, 5.41) is 36.9. The number of hydrogen-bond acceptors (Lipinski definition) is 10. The van der Waals surface area contributed by atoms with Crippen LogP contribution >= 0.6 is 0 Å². The molecule has 0 unspecified atom stereocenters. The molecule has 14 nitrogen and oxygen atoms in total. The fraction of sp³-hybridized carbons (Fsp3) is 0. The lowest BCUT2D eigenvalue weighted by molar-refractivity contribution is -0.384. The highest BCUT2D eigenvalue weighted by Gasteiger charge is 2.25. The summed E-state index contributed by atoms with van der Waals surface area (Å²) in [5.74, 6) is -1.48. The van der Waals surface area contributed by atoms with Crippen LogP contribution in [0.2, 0.25) is 0 Å². The fourth-order valence-electron chi connectivity index (χ4n) is 1.45. The molecular weight excluding hydrogens is 426 g/mol. The van der Waals surface area contributed by atoms with Crippen molar-refractivity contribution in [3.05, 3.63) is 78.2 Å². The van der Waals surface area contributed by atoms with E-state index in [1.54, 1.807) is 0 Å². The zero-order valence-electron chi connectivity index (χ0n) is 13.6. The fourth-order valence-corrected chi connectivity index (χ4v) is 1.45. The van der Waals surface area contributed by atoms with E-state index in [-0.39, 0.29) is 11.4 Å². The van der Waals surface area contributed by atoms with Crippen molar-refractivity contribution in [1.82, 2.24) is 0 Å². The molecule has 0 N–H and O–H groups in total. The van der Waals surface area contributed by atoms with Crippen LogP contribution in [0.5, 0.6) is 0 Å². The van der Waals surface area contributed by atoms with Gasteiger partial charge >= 0.3 is 22.7 Å². The normalized spacial score (nSPS) is 9.45. The van der Waals surface area contributed by atoms with Gasteiger partial charge in [-0.05, 0) is 12.1 Å². The molecular formula is C12H6F2N6O8S. The van der Waals surface area contributed by atoms with Crippen molar-refractivity contribution in [2.45, 2.75) is 0 Å². The van der Waals surface area contributed by atoms with Gasteiger partial charge in [-0.15, -0.1) is 0 Å². The summed E-state index contributed by atoms with van der Waals surface area (Å²) < 4.78 is 58.9. The van der Waals surface area contributed by atoms with E-state index >= 15 is 0 Å². The number of nitro groups is 2. The lowest BCUT2D eigenvalue weighted by Crippen LogP contribution is -1.91. The first-order valence-electron chi connectivity index (χ1n) is 6.55. The Kier molecular flexibility index (Phi) is 9.27. The Morgan fingerprint density at radius 2 is 1.07 bits per heavy atom. The SMILES string of the molecule is N#[N+]c1ccc(F)cc1[N+](=O)[O-].N#[N+]c1ccc(F)cc1[N+](=O)[O-].O=S(=O)([O-])[O-]. The van der Waals surface area contributed by atoms with Crippen LogP contribution < -0.4 is 0 Å². The van der Waals surface area contributed by atoms with Gasteiger partial charge in [-0.2, -0.15) is 0 Å². The Hall–Kier alpha value is -4.19. The highest BCUT2D eigenvalue weighted by Crippen LogP contribution is 2.28. The average molecular weight is 432 g/mol. The highest BCUT2D eigenvalue weighted by molar-refractivity contribution is 7.79. The zero-order valence-corrected chi connectivity index (χ0v) is 14.4. The third-order valence-electron chi connectivity index (χ3n) is 2.48. The number of diazo groups is 2. The topological polar surface area (TPSA) is 223 Å². The van der Waals surface area contributed by atoms with Crippen molar-refractivity contribution in [1.29, 1.82) is 10.8 Å². The van der Waals surface area contributed by atoms with E-state index in [1.807, 2.05) is 0 Å². The van der Waals surface area contributed by atoms with Gasteiger partial charge in [0.2, 0.25) is 10.8 Å². The van der Waals surface area contributed by atoms with Gasteiger partial charge in [0, 0.05) is 22.5 Å². The molecule has 0 bridgehead atoms. The van der Waals surface area contributed by atoms with Crippen LogP contribution in [0, 0.1) is 42.6 Å². The van der Waals surface area contributed by atoms with E-state index < -0.39 is 43.3 Å². The van der Waals surface area contributed by atoms with E-state index in [1.165, 1.54) is 0 Å². The summed E-state index contributed by atoms with van der Waals surface area (Å²) in [4.78, 5) is 24.0. The van der Waals surface area contributed by atoms with E-state index in [2.05, 4.69) is 9.95 Å². The van der Waals surface area contributed by atoms with Crippen LogP contribution in [-0.2, 0) is 10.4 Å². The summed E-state index contributed by atoms with van der Waals surface area (Å²) in [6, 6.07) is 5.37. The van der Waals surface area contributed by atoms with E-state index in [9.17, 15) is 29.0 Å². The van der Waals surface area contributed by atoms with Crippen LogP contribution in [0.3, 0.4) is 0 Å². The molecule has 2 rings (SSSR count). The molecule has 0 aromatic heterocycles. The molecule has 0 heterocycles. The maximum atomic E-state index is 12.4. The minimum atomic E-state index is -5.17. The molecule has 0 radical (unpaired) electrons. The number of hydrogen-bond donors (Lipinski definition) is 0. The van der Waals surface area contributed by atoms with Crippen LogP contribution in [-0.4, -0.2) is 27.4 Å². The zero-order chi connectivity index (χ0) is 22.8. The number of halogens is 2. The third kappa shape index (κ3) is 9.91. The number of nitrogens with zero attached hydrogens (tertiary/aromatic N) is 6. The van der Waals surface area contributed by atoms with Gasteiger partial charge in [-0.1, -0.05) is 0 Å². The monoisotopic (exact) mass is 432 g/mol. The van der Waals surface area contributed by atoms with Gasteiger partial charge in [-0.25, -0.2) is 8.78 Å². The molecule has 0 spiro atoms. The summed E-state index contributed by atoms with van der Waals surface area (Å²) in [5.41, 5.74) is -1.64. The van der Waals surface area contributed by atoms with E-state index in [4.69, 9.17) is 28.3 Å². The Labute approximate surface area is 159 Å². The molecule has 0 amide bonds. The third-order valence-corrected chi connectivity index (χ3v) is 2.48. The first kappa shape index (κ1) is 24.8. The first-order chi connectivity index (χ1) is 13.3. The Morgan fingerprint density at radius 3 is 1.28 bits per heavy atom. The molecule has 0 aliphatic heterocycles. The highest BCUT2D eigenvalue weighted by atomic mass is 32.3. The van der Waals surface area contributed by atoms with Gasteiger partial charge in [0.15, 0.2) is 9.95 Å². The largest absolute Gasteiger partial charge is 0.759 e. The summed E-state index contributed by atoms with van der Waals surface area (Å²) in [6.07, 6.45) is 0. The van der Waals surface area contributed by atoms with Crippen molar-refractivity contribution in [3.8, 4) is 0 Å². The van der Waals surface area contributed by atoms with Gasteiger partial charge < -0.3 is 9.11 Å². The van der Waals surface area contributed by atoms with Crippen molar-refractivity contribution < 1.29 is 36.2 Å². The molecule has 0 fully saturated rings. The van der Waals surface area contributed by atoms with Crippen molar-refractivity contribution in [3.63, 3.8) is 0 Å². The van der Waals surface area contributed by atoms with Crippen molar-refractivity contribution in [2.75, 3.05) is 0 Å². The van der Waals surface area contributed by atoms with Gasteiger partial charge in [-0.3, -0.25) is 28.6 Å².